The minimum Gasteiger partial charge on any atom is -0.450 e. The van der Waals surface area contributed by atoms with Gasteiger partial charge in [-0.05, 0) is 20.4 Å². The van der Waals surface area contributed by atoms with Crippen molar-refractivity contribution in [1.29, 1.82) is 0 Å². The average molecular weight is 229 g/mol. The quantitative estimate of drug-likeness (QED) is 0.756. The van der Waals surface area contributed by atoms with E-state index in [-0.39, 0.29) is 6.09 Å². The van der Waals surface area contributed by atoms with Crippen molar-refractivity contribution in [2.24, 2.45) is 0 Å². The highest BCUT2D eigenvalue weighted by Crippen LogP contribution is 2.02. The maximum absolute atomic E-state index is 11.4. The SMILES string of the molecule is CCOC(=O)N(C)CCC1CN(C)CCN1. The highest BCUT2D eigenvalue weighted by molar-refractivity contribution is 5.67. The minimum absolute atomic E-state index is 0.230. The van der Waals surface area contributed by atoms with Crippen molar-refractivity contribution in [3.05, 3.63) is 0 Å². The molecule has 0 aromatic carbocycles. The van der Waals surface area contributed by atoms with E-state index in [0.717, 1.165) is 32.6 Å². The highest BCUT2D eigenvalue weighted by atomic mass is 16.5. The standard InChI is InChI=1S/C11H23N3O2/c1-4-16-11(15)14(3)7-5-10-9-13(2)8-6-12-10/h10,12H,4-9H2,1-3H3. The minimum atomic E-state index is -0.230. The van der Waals surface area contributed by atoms with Crippen LogP contribution in [0.2, 0.25) is 0 Å². The van der Waals surface area contributed by atoms with Gasteiger partial charge in [0.1, 0.15) is 0 Å². The zero-order valence-corrected chi connectivity index (χ0v) is 10.5. The Kier molecular flexibility index (Phi) is 5.55. The zero-order chi connectivity index (χ0) is 12.0. The van der Waals surface area contributed by atoms with Crippen LogP contribution in [0.1, 0.15) is 13.3 Å². The third kappa shape index (κ3) is 4.37. The maximum atomic E-state index is 11.4. The molecule has 0 aromatic rings. The first-order valence-electron chi connectivity index (χ1n) is 5.93. The summed E-state index contributed by atoms with van der Waals surface area (Å²) < 4.78 is 4.92. The summed E-state index contributed by atoms with van der Waals surface area (Å²) in [4.78, 5) is 15.3. The molecule has 1 atom stereocenters. The summed E-state index contributed by atoms with van der Waals surface area (Å²) in [5.74, 6) is 0. The van der Waals surface area contributed by atoms with E-state index in [4.69, 9.17) is 4.74 Å². The van der Waals surface area contributed by atoms with E-state index in [0.29, 0.717) is 12.6 Å². The van der Waals surface area contributed by atoms with E-state index in [1.165, 1.54) is 0 Å². The van der Waals surface area contributed by atoms with Gasteiger partial charge in [0.25, 0.3) is 0 Å². The van der Waals surface area contributed by atoms with Crippen LogP contribution in [0, 0.1) is 0 Å². The van der Waals surface area contributed by atoms with E-state index in [2.05, 4.69) is 17.3 Å². The van der Waals surface area contributed by atoms with Crippen LogP contribution in [-0.4, -0.2) is 68.8 Å². The van der Waals surface area contributed by atoms with Gasteiger partial charge >= 0.3 is 6.09 Å². The third-order valence-corrected chi connectivity index (χ3v) is 2.85. The molecule has 1 saturated heterocycles. The first-order valence-corrected chi connectivity index (χ1v) is 5.93. The average Bonchev–Trinajstić information content (AvgIpc) is 2.26. The number of nitrogens with zero attached hydrogens (tertiary/aromatic N) is 2. The Balaban J connectivity index is 2.20. The predicted octanol–water partition coefficient (Wildman–Crippen LogP) is 0.368. The largest absolute Gasteiger partial charge is 0.450 e. The van der Waals surface area contributed by atoms with Crippen LogP contribution < -0.4 is 5.32 Å². The number of ether oxygens (including phenoxy) is 1. The summed E-state index contributed by atoms with van der Waals surface area (Å²) >= 11 is 0. The van der Waals surface area contributed by atoms with Gasteiger partial charge in [-0.25, -0.2) is 4.79 Å². The number of hydrogen-bond acceptors (Lipinski definition) is 4. The number of nitrogens with one attached hydrogen (secondary N) is 1. The molecule has 16 heavy (non-hydrogen) atoms. The third-order valence-electron chi connectivity index (χ3n) is 2.85. The Morgan fingerprint density at radius 2 is 2.38 bits per heavy atom. The zero-order valence-electron chi connectivity index (χ0n) is 10.5. The summed E-state index contributed by atoms with van der Waals surface area (Å²) in [6, 6.07) is 0.482. The van der Waals surface area contributed by atoms with E-state index in [1.807, 2.05) is 6.92 Å². The fourth-order valence-corrected chi connectivity index (χ4v) is 1.86. The molecule has 0 aromatic heterocycles. The van der Waals surface area contributed by atoms with Gasteiger partial charge in [-0.1, -0.05) is 0 Å². The molecular formula is C11H23N3O2. The van der Waals surface area contributed by atoms with Crippen molar-refractivity contribution in [2.75, 3.05) is 46.9 Å². The second-order valence-electron chi connectivity index (χ2n) is 4.32. The highest BCUT2D eigenvalue weighted by Gasteiger charge is 2.18. The molecule has 1 aliphatic rings. The van der Waals surface area contributed by atoms with Gasteiger partial charge in [-0.2, -0.15) is 0 Å². The number of amides is 1. The molecule has 1 rings (SSSR count). The second kappa shape index (κ2) is 6.70. The first-order chi connectivity index (χ1) is 7.63. The predicted molar refractivity (Wildman–Crippen MR) is 63.6 cm³/mol. The molecule has 94 valence electrons. The van der Waals surface area contributed by atoms with Gasteiger partial charge in [-0.3, -0.25) is 0 Å². The van der Waals surface area contributed by atoms with Gasteiger partial charge in [0.2, 0.25) is 0 Å². The van der Waals surface area contributed by atoms with Crippen molar-refractivity contribution < 1.29 is 9.53 Å². The molecule has 0 radical (unpaired) electrons. The Labute approximate surface area is 97.7 Å². The fraction of sp³-hybridized carbons (Fsp3) is 0.909. The molecule has 1 fully saturated rings. The Morgan fingerprint density at radius 1 is 1.62 bits per heavy atom. The molecular weight excluding hydrogens is 206 g/mol. The molecule has 1 N–H and O–H groups in total. The Bertz CT molecular complexity index is 223. The Morgan fingerprint density at radius 3 is 3.00 bits per heavy atom. The van der Waals surface area contributed by atoms with Crippen molar-refractivity contribution in [3.63, 3.8) is 0 Å². The Hall–Kier alpha value is -0.810. The van der Waals surface area contributed by atoms with Crippen molar-refractivity contribution in [1.82, 2.24) is 15.1 Å². The van der Waals surface area contributed by atoms with Crippen LogP contribution in [0.15, 0.2) is 0 Å². The summed E-state index contributed by atoms with van der Waals surface area (Å²) in [7, 11) is 3.91. The van der Waals surface area contributed by atoms with Gasteiger partial charge in [0.15, 0.2) is 0 Å². The second-order valence-corrected chi connectivity index (χ2v) is 4.32. The first kappa shape index (κ1) is 13.3. The summed E-state index contributed by atoms with van der Waals surface area (Å²) in [6.07, 6.45) is 0.742. The fourth-order valence-electron chi connectivity index (χ4n) is 1.86. The number of rotatable bonds is 4. The molecule has 1 aliphatic heterocycles. The number of carbonyl (C=O) groups is 1. The molecule has 0 bridgehead atoms. The van der Waals surface area contributed by atoms with Crippen LogP contribution >= 0.6 is 0 Å². The van der Waals surface area contributed by atoms with Gasteiger partial charge < -0.3 is 19.9 Å². The van der Waals surface area contributed by atoms with Crippen LogP contribution in [0.5, 0.6) is 0 Å². The van der Waals surface area contributed by atoms with E-state index < -0.39 is 0 Å². The molecule has 1 unspecified atom stereocenters. The molecule has 0 saturated carbocycles. The summed E-state index contributed by atoms with van der Waals surface area (Å²) in [5, 5.41) is 3.46. The van der Waals surface area contributed by atoms with Gasteiger partial charge in [0.05, 0.1) is 6.61 Å². The molecule has 1 heterocycles. The van der Waals surface area contributed by atoms with Crippen LogP contribution in [0.25, 0.3) is 0 Å². The number of carbonyl (C=O) groups excluding carboxylic acids is 1. The van der Waals surface area contributed by atoms with Crippen LogP contribution in [0.4, 0.5) is 4.79 Å². The van der Waals surface area contributed by atoms with Gasteiger partial charge in [-0.15, -0.1) is 0 Å². The molecule has 5 heteroatoms. The van der Waals surface area contributed by atoms with Crippen LogP contribution in [-0.2, 0) is 4.74 Å². The lowest BCUT2D eigenvalue weighted by atomic mass is 10.1. The van der Waals surface area contributed by atoms with E-state index in [1.54, 1.807) is 11.9 Å². The lowest BCUT2D eigenvalue weighted by Gasteiger charge is -2.31. The maximum Gasteiger partial charge on any atom is 0.409 e. The van der Waals surface area contributed by atoms with E-state index >= 15 is 0 Å². The number of likely N-dealkylation sites (N-methyl/N-ethyl adjacent to an activating group) is 1. The number of piperazine rings is 1. The molecule has 0 spiro atoms. The normalized spacial score (nSPS) is 21.8. The summed E-state index contributed by atoms with van der Waals surface area (Å²) in [6.45, 7) is 6.19. The van der Waals surface area contributed by atoms with Crippen LogP contribution in [0.3, 0.4) is 0 Å². The number of hydrogen-bond donors (Lipinski definition) is 1. The summed E-state index contributed by atoms with van der Waals surface area (Å²) in [5.41, 5.74) is 0. The smallest absolute Gasteiger partial charge is 0.409 e. The lowest BCUT2D eigenvalue weighted by molar-refractivity contribution is 0.113. The van der Waals surface area contributed by atoms with E-state index in [9.17, 15) is 4.79 Å². The molecule has 5 nitrogen and oxygen atoms in total. The van der Waals surface area contributed by atoms with Gasteiger partial charge in [0, 0.05) is 39.3 Å². The van der Waals surface area contributed by atoms with Crippen molar-refractivity contribution in [2.45, 2.75) is 19.4 Å². The topological polar surface area (TPSA) is 44.8 Å². The lowest BCUT2D eigenvalue weighted by Crippen LogP contribution is -2.50. The van der Waals surface area contributed by atoms with Crippen molar-refractivity contribution in [3.8, 4) is 0 Å². The molecule has 1 amide bonds. The monoisotopic (exact) mass is 229 g/mol. The molecule has 0 aliphatic carbocycles. The van der Waals surface area contributed by atoms with Crippen molar-refractivity contribution >= 4 is 6.09 Å².